The van der Waals surface area contributed by atoms with Crippen molar-refractivity contribution in [2.75, 3.05) is 0 Å². The molecule has 0 heterocycles. The van der Waals surface area contributed by atoms with Crippen LogP contribution in [0.3, 0.4) is 0 Å². The second-order valence-corrected chi connectivity index (χ2v) is 2.58. The summed E-state index contributed by atoms with van der Waals surface area (Å²) in [6.07, 6.45) is 0. The summed E-state index contributed by atoms with van der Waals surface area (Å²) < 4.78 is 37.1. The Morgan fingerprint density at radius 1 is 0.833 bits per heavy atom. The Balaban J connectivity index is -0.0000000457. The first kappa shape index (κ1) is 23.5. The third-order valence-corrected chi connectivity index (χ3v) is 0. The fraction of sp³-hybridized carbons (Fsp3) is 0. The molecule has 0 aliphatic rings. The van der Waals surface area contributed by atoms with E-state index >= 15 is 0 Å². The van der Waals surface area contributed by atoms with Crippen LogP contribution < -0.4 is 49.1 Å². The van der Waals surface area contributed by atoms with Crippen molar-refractivity contribution in [3.63, 3.8) is 0 Å². The van der Waals surface area contributed by atoms with E-state index in [0.717, 1.165) is 0 Å². The predicted octanol–water partition coefficient (Wildman–Crippen LogP) is -5.43. The first-order valence-corrected chi connectivity index (χ1v) is 4.30. The summed E-state index contributed by atoms with van der Waals surface area (Å²) in [7, 11) is -11.3. The van der Waals surface area contributed by atoms with Crippen LogP contribution in [0.4, 0.5) is 8.39 Å². The molecule has 0 aliphatic carbocycles. The van der Waals surface area contributed by atoms with Gasteiger partial charge < -0.3 is 28.7 Å². The summed E-state index contributed by atoms with van der Waals surface area (Å²) in [6.45, 7) is 0. The van der Waals surface area contributed by atoms with Crippen LogP contribution in [0.5, 0.6) is 0 Å². The van der Waals surface area contributed by atoms with Gasteiger partial charge in [-0.2, -0.15) is 0 Å². The molecule has 0 saturated carbocycles. The van der Waals surface area contributed by atoms with E-state index in [9.17, 15) is 8.39 Å². The van der Waals surface area contributed by atoms with Crippen LogP contribution >= 0.6 is 15.8 Å². The zero-order valence-corrected chi connectivity index (χ0v) is 10.3. The van der Waals surface area contributed by atoms with E-state index in [2.05, 4.69) is 0 Å². The number of hydrogen-bond donors (Lipinski definition) is 0. The van der Waals surface area contributed by atoms with Crippen molar-refractivity contribution in [3.8, 4) is 0 Å². The normalized spacial score (nSPS) is 9.83. The van der Waals surface area contributed by atoms with E-state index < -0.39 is 15.8 Å². The molecule has 0 aromatic rings. The van der Waals surface area contributed by atoms with Crippen molar-refractivity contribution >= 4 is 15.8 Å². The Morgan fingerprint density at radius 3 is 0.833 bits per heavy atom. The van der Waals surface area contributed by atoms with E-state index in [0.29, 0.717) is 0 Å². The summed E-state index contributed by atoms with van der Waals surface area (Å²) in [5, 5.41) is 0. The van der Waals surface area contributed by atoms with E-state index in [4.69, 9.17) is 28.7 Å². The molecule has 6 nitrogen and oxygen atoms in total. The molecule has 12 heteroatoms. The molecule has 0 fully saturated rings. The molecular weight excluding hydrogens is 275 g/mol. The van der Waals surface area contributed by atoms with Gasteiger partial charge in [0.05, 0.1) is 0 Å². The van der Waals surface area contributed by atoms with Gasteiger partial charge in [0, 0.05) is 0 Å². The topological polar surface area (TPSA) is 126 Å². The van der Waals surface area contributed by atoms with Crippen LogP contribution in [0.25, 0.3) is 0 Å². The van der Waals surface area contributed by atoms with Gasteiger partial charge in [0.25, 0.3) is 0 Å². The third-order valence-electron chi connectivity index (χ3n) is 0. The van der Waals surface area contributed by atoms with Gasteiger partial charge in [-0.1, -0.05) is 0 Å². The van der Waals surface area contributed by atoms with E-state index in [1.807, 2.05) is 0 Å². The molecule has 1 radical (unpaired) electrons. The quantitative estimate of drug-likeness (QED) is 0.320. The molecule has 0 aromatic heterocycles. The van der Waals surface area contributed by atoms with Crippen molar-refractivity contribution in [1.29, 1.82) is 0 Å². The Labute approximate surface area is 99.1 Å². The second-order valence-electron chi connectivity index (χ2n) is 0.861. The maximum absolute atomic E-state index is 10.1. The van der Waals surface area contributed by atoms with Gasteiger partial charge >= 0.3 is 46.6 Å². The Bertz CT molecular complexity index is 136. The number of hydrogen-bond acceptors (Lipinski definition) is 6. The fourth-order valence-corrected chi connectivity index (χ4v) is 0. The van der Waals surface area contributed by atoms with Gasteiger partial charge in [0.2, 0.25) is 0 Å². The summed E-state index contributed by atoms with van der Waals surface area (Å²) in [6, 6.07) is 0. The largest absolute Gasteiger partial charge is 3.00 e. The SMILES string of the molecule is O=P([O-])([O-])F.O=P([O-])([O-])F.[Fe+3].[Na+]. The number of rotatable bonds is 0. The van der Waals surface area contributed by atoms with E-state index in [1.165, 1.54) is 0 Å². The average molecular weight is 275 g/mol. The molecule has 0 spiro atoms. The molecular formula is F2FeNaO6P2. The summed E-state index contributed by atoms with van der Waals surface area (Å²) in [5.41, 5.74) is 0. The molecule has 0 rings (SSSR count). The Hall–Kier alpha value is 1.68. The zero-order chi connectivity index (χ0) is 9.00. The van der Waals surface area contributed by atoms with Crippen LogP contribution in [0.2, 0.25) is 0 Å². The third kappa shape index (κ3) is 472. The minimum absolute atomic E-state index is 0. The van der Waals surface area contributed by atoms with Crippen molar-refractivity contribution in [3.05, 3.63) is 0 Å². The molecule has 0 unspecified atom stereocenters. The van der Waals surface area contributed by atoms with Gasteiger partial charge in [-0.15, -0.1) is 0 Å². The Morgan fingerprint density at radius 2 is 0.833 bits per heavy atom. The van der Waals surface area contributed by atoms with Gasteiger partial charge in [-0.3, -0.25) is 0 Å². The van der Waals surface area contributed by atoms with E-state index in [-0.39, 0.29) is 46.6 Å². The molecule has 0 aromatic carbocycles. The standard InChI is InChI=1S/2FH2O3P.Fe.Na/c2*1-5(2,3)4;;/h2*(H2,2,3,4);;/q;;+3;+1/p-4. The minimum Gasteiger partial charge on any atom is -0.786 e. The van der Waals surface area contributed by atoms with Crippen LogP contribution in [0.1, 0.15) is 0 Å². The van der Waals surface area contributed by atoms with Crippen molar-refractivity contribution in [2.45, 2.75) is 0 Å². The van der Waals surface area contributed by atoms with Crippen molar-refractivity contribution in [2.24, 2.45) is 0 Å². The molecule has 0 N–H and O–H groups in total. The van der Waals surface area contributed by atoms with Gasteiger partial charge in [-0.05, 0) is 0 Å². The first-order valence-electron chi connectivity index (χ1n) is 1.43. The first-order chi connectivity index (χ1) is 4.00. The van der Waals surface area contributed by atoms with Gasteiger partial charge in [0.15, 0.2) is 0 Å². The van der Waals surface area contributed by atoms with E-state index in [1.54, 1.807) is 0 Å². The smallest absolute Gasteiger partial charge is 0.786 e. The molecule has 0 saturated heterocycles. The molecule has 0 bridgehead atoms. The second kappa shape index (κ2) is 9.24. The molecule has 0 amide bonds. The van der Waals surface area contributed by atoms with Crippen LogP contribution in [-0.4, -0.2) is 0 Å². The minimum atomic E-state index is -5.64. The summed E-state index contributed by atoms with van der Waals surface area (Å²) in [4.78, 5) is 33.8. The van der Waals surface area contributed by atoms with Gasteiger partial charge in [0.1, 0.15) is 15.8 Å². The predicted molar refractivity (Wildman–Crippen MR) is 17.4 cm³/mol. The summed E-state index contributed by atoms with van der Waals surface area (Å²) in [5.74, 6) is 0. The summed E-state index contributed by atoms with van der Waals surface area (Å²) >= 11 is 0. The molecule has 12 heavy (non-hydrogen) atoms. The zero-order valence-electron chi connectivity index (χ0n) is 5.45. The van der Waals surface area contributed by atoms with Crippen molar-refractivity contribution < 1.29 is 83.7 Å². The molecule has 0 aliphatic heterocycles. The Kier molecular flexibility index (Phi) is 18.1. The fourth-order valence-electron chi connectivity index (χ4n) is 0. The van der Waals surface area contributed by atoms with Crippen LogP contribution in [0.15, 0.2) is 0 Å². The average Bonchev–Trinajstić information content (AvgIpc) is 1.12. The van der Waals surface area contributed by atoms with Crippen LogP contribution in [0, 0.1) is 0 Å². The molecule has 0 atom stereocenters. The van der Waals surface area contributed by atoms with Crippen molar-refractivity contribution in [1.82, 2.24) is 0 Å². The van der Waals surface area contributed by atoms with Crippen LogP contribution in [-0.2, 0) is 26.2 Å². The monoisotopic (exact) mass is 275 g/mol. The number of halogens is 2. The van der Waals surface area contributed by atoms with Gasteiger partial charge in [-0.25, -0.2) is 8.39 Å². The maximum Gasteiger partial charge on any atom is 3.00 e. The maximum atomic E-state index is 10.1. The molecule has 69 valence electrons.